The number of nitrogens with zero attached hydrogens (tertiary/aromatic N) is 3. The fraction of sp³-hybridized carbons (Fsp3) is 0. The van der Waals surface area contributed by atoms with Crippen LogP contribution >= 0.6 is 33.4 Å². The molecule has 142 valence electrons. The first kappa shape index (κ1) is 20.3. The van der Waals surface area contributed by atoms with Crippen molar-refractivity contribution in [2.24, 2.45) is 0 Å². The number of rotatable bonds is 3. The molecule has 2 aromatic rings. The summed E-state index contributed by atoms with van der Waals surface area (Å²) in [6.07, 6.45) is -2.28. The van der Waals surface area contributed by atoms with Gasteiger partial charge in [-0.15, -0.1) is 0 Å². The minimum Gasteiger partial charge on any atom is -0.236 e. The van der Waals surface area contributed by atoms with Gasteiger partial charge in [-0.05, 0) is 12.1 Å². The van der Waals surface area contributed by atoms with Gasteiger partial charge in [-0.25, -0.2) is 9.07 Å². The van der Waals surface area contributed by atoms with Gasteiger partial charge in [0, 0.05) is 6.20 Å². The standard InChI is InChI=1S/C12H3Cl2F8N3S/c13-7-1-5(26(18,19,20,21)22)2-8(14)11(7)25-4-6(9(3-23)24-25)10(15)12(16)17/h1-2,4H. The normalized spacial score (nSPS) is 14.3. The van der Waals surface area contributed by atoms with E-state index in [1.54, 1.807) is 0 Å². The monoisotopic (exact) mass is 443 g/mol. The molecule has 0 saturated carbocycles. The molecule has 0 atom stereocenters. The summed E-state index contributed by atoms with van der Waals surface area (Å²) in [5, 5.41) is 10.2. The van der Waals surface area contributed by atoms with E-state index in [1.165, 1.54) is 6.07 Å². The number of aromatic nitrogens is 2. The van der Waals surface area contributed by atoms with E-state index in [1.807, 2.05) is 0 Å². The highest BCUT2D eigenvalue weighted by atomic mass is 35.5. The van der Waals surface area contributed by atoms with Crippen molar-refractivity contribution >= 4 is 39.3 Å². The van der Waals surface area contributed by atoms with Crippen LogP contribution in [-0.4, -0.2) is 9.78 Å². The molecule has 0 radical (unpaired) electrons. The summed E-state index contributed by atoms with van der Waals surface area (Å²) < 4.78 is 103. The zero-order valence-corrected chi connectivity index (χ0v) is 14.1. The van der Waals surface area contributed by atoms with Crippen LogP contribution in [0, 0.1) is 11.3 Å². The lowest BCUT2D eigenvalue weighted by Crippen LogP contribution is -2.07. The SMILES string of the molecule is N#Cc1nn(-c2c(Cl)cc(S(F)(F)(F)(F)F)cc2Cl)cc1C(F)=C(F)F. The molecule has 0 amide bonds. The molecule has 0 spiro atoms. The van der Waals surface area contributed by atoms with E-state index in [2.05, 4.69) is 5.10 Å². The van der Waals surface area contributed by atoms with Crippen LogP contribution in [0.2, 0.25) is 10.0 Å². The van der Waals surface area contributed by atoms with E-state index >= 15 is 0 Å². The molecule has 0 aliphatic rings. The second-order valence-corrected chi connectivity index (χ2v) is 7.95. The minimum absolute atomic E-state index is 0.139. The van der Waals surface area contributed by atoms with Crippen molar-refractivity contribution in [1.29, 1.82) is 5.26 Å². The van der Waals surface area contributed by atoms with Crippen LogP contribution in [0.5, 0.6) is 0 Å². The van der Waals surface area contributed by atoms with E-state index in [9.17, 15) is 32.6 Å². The predicted octanol–water partition coefficient (Wildman–Crippen LogP) is 7.24. The second-order valence-electron chi connectivity index (χ2n) is 4.73. The summed E-state index contributed by atoms with van der Waals surface area (Å²) >= 11 is 11.1. The summed E-state index contributed by atoms with van der Waals surface area (Å²) in [5.74, 6) is -2.11. The predicted molar refractivity (Wildman–Crippen MR) is 79.9 cm³/mol. The molecule has 1 heterocycles. The van der Waals surface area contributed by atoms with Crippen LogP contribution in [-0.2, 0) is 0 Å². The third kappa shape index (κ3) is 3.89. The summed E-state index contributed by atoms with van der Waals surface area (Å²) in [6, 6.07) is 1.01. The van der Waals surface area contributed by atoms with Crippen LogP contribution in [0.4, 0.5) is 32.6 Å². The molecule has 0 aliphatic carbocycles. The fourth-order valence-corrected chi connectivity index (χ4v) is 3.29. The number of nitriles is 1. The smallest absolute Gasteiger partial charge is 0.236 e. The highest BCUT2D eigenvalue weighted by molar-refractivity contribution is 8.45. The molecule has 0 aliphatic heterocycles. The lowest BCUT2D eigenvalue weighted by atomic mass is 10.2. The number of hydrogen-bond donors (Lipinski definition) is 0. The largest absolute Gasteiger partial charge is 0.310 e. The van der Waals surface area contributed by atoms with Gasteiger partial charge in [0.1, 0.15) is 16.7 Å². The molecule has 26 heavy (non-hydrogen) atoms. The molecular formula is C12H3Cl2F8N3S. The average Bonchev–Trinajstić information content (AvgIpc) is 2.86. The Labute approximate surface area is 149 Å². The van der Waals surface area contributed by atoms with E-state index in [4.69, 9.17) is 28.5 Å². The first-order valence-corrected chi connectivity index (χ1v) is 8.70. The van der Waals surface area contributed by atoms with Gasteiger partial charge >= 0.3 is 16.3 Å². The molecule has 0 unspecified atom stereocenters. The Morgan fingerprint density at radius 2 is 1.54 bits per heavy atom. The van der Waals surface area contributed by atoms with Crippen molar-refractivity contribution in [3.8, 4) is 11.8 Å². The van der Waals surface area contributed by atoms with Gasteiger partial charge in [-0.1, -0.05) is 42.6 Å². The number of benzene rings is 1. The fourth-order valence-electron chi connectivity index (χ4n) is 1.82. The first-order valence-electron chi connectivity index (χ1n) is 5.99. The van der Waals surface area contributed by atoms with Crippen LogP contribution in [0.25, 0.3) is 11.5 Å². The summed E-state index contributed by atoms with van der Waals surface area (Å²) in [7, 11) is -10.1. The Balaban J connectivity index is 2.74. The zero-order valence-electron chi connectivity index (χ0n) is 11.8. The maximum absolute atomic E-state index is 13.4. The quantitative estimate of drug-likeness (QED) is 0.469. The third-order valence-electron chi connectivity index (χ3n) is 2.89. The lowest BCUT2D eigenvalue weighted by Gasteiger charge is -2.40. The summed E-state index contributed by atoms with van der Waals surface area (Å²) in [5.41, 5.74) is -2.50. The van der Waals surface area contributed by atoms with E-state index in [0.29, 0.717) is 10.9 Å². The zero-order chi connectivity index (χ0) is 20.1. The van der Waals surface area contributed by atoms with Crippen molar-refractivity contribution in [2.75, 3.05) is 0 Å². The van der Waals surface area contributed by atoms with Crippen LogP contribution in [0.15, 0.2) is 29.3 Å². The topological polar surface area (TPSA) is 41.6 Å². The Kier molecular flexibility index (Phi) is 4.31. The Hall–Kier alpha value is -1.97. The second kappa shape index (κ2) is 5.51. The van der Waals surface area contributed by atoms with Crippen molar-refractivity contribution in [2.45, 2.75) is 4.90 Å². The van der Waals surface area contributed by atoms with Crippen molar-refractivity contribution in [3.05, 3.63) is 45.7 Å². The minimum atomic E-state index is -10.1. The van der Waals surface area contributed by atoms with Gasteiger partial charge in [0.2, 0.25) is 0 Å². The first-order chi connectivity index (χ1) is 11.5. The van der Waals surface area contributed by atoms with Crippen molar-refractivity contribution in [3.63, 3.8) is 0 Å². The third-order valence-corrected chi connectivity index (χ3v) is 4.59. The molecule has 3 nitrogen and oxygen atoms in total. The molecule has 1 aromatic heterocycles. The lowest BCUT2D eigenvalue weighted by molar-refractivity contribution is 0.364. The average molecular weight is 444 g/mol. The summed E-state index contributed by atoms with van der Waals surface area (Å²) in [4.78, 5) is -2.39. The van der Waals surface area contributed by atoms with E-state index in [-0.39, 0.29) is 12.1 Å². The molecular weight excluding hydrogens is 441 g/mol. The molecule has 0 saturated heterocycles. The van der Waals surface area contributed by atoms with Crippen molar-refractivity contribution in [1.82, 2.24) is 9.78 Å². The molecule has 1 aromatic carbocycles. The number of hydrogen-bond acceptors (Lipinski definition) is 2. The van der Waals surface area contributed by atoms with Crippen LogP contribution in [0.3, 0.4) is 0 Å². The summed E-state index contributed by atoms with van der Waals surface area (Å²) in [6.45, 7) is 0. The Morgan fingerprint density at radius 1 is 1.04 bits per heavy atom. The number of halogens is 10. The Morgan fingerprint density at radius 3 is 1.92 bits per heavy atom. The van der Waals surface area contributed by atoms with Gasteiger partial charge in [0.25, 0.3) is 0 Å². The molecule has 0 fully saturated rings. The van der Waals surface area contributed by atoms with Gasteiger partial charge in [0.15, 0.2) is 11.5 Å². The maximum atomic E-state index is 13.4. The van der Waals surface area contributed by atoms with Crippen molar-refractivity contribution < 1.29 is 32.6 Å². The van der Waals surface area contributed by atoms with Gasteiger partial charge in [-0.2, -0.15) is 19.1 Å². The van der Waals surface area contributed by atoms with E-state index < -0.39 is 54.0 Å². The van der Waals surface area contributed by atoms with E-state index in [0.717, 1.165) is 0 Å². The van der Waals surface area contributed by atoms with Gasteiger partial charge < -0.3 is 0 Å². The van der Waals surface area contributed by atoms with Crippen LogP contribution < -0.4 is 0 Å². The van der Waals surface area contributed by atoms with Gasteiger partial charge in [-0.3, -0.25) is 0 Å². The van der Waals surface area contributed by atoms with Crippen LogP contribution in [0.1, 0.15) is 11.3 Å². The molecule has 14 heteroatoms. The maximum Gasteiger partial charge on any atom is 0.310 e. The van der Waals surface area contributed by atoms with Gasteiger partial charge in [0.05, 0.1) is 15.6 Å². The Bertz CT molecular complexity index is 964. The molecule has 0 bridgehead atoms. The highest BCUT2D eigenvalue weighted by Crippen LogP contribution is 3.02. The molecule has 0 N–H and O–H groups in total. The molecule has 2 rings (SSSR count). The highest BCUT2D eigenvalue weighted by Gasteiger charge is 2.65.